The zero-order valence-corrected chi connectivity index (χ0v) is 19.4. The minimum Gasteiger partial charge on any atom is -0.497 e. The van der Waals surface area contributed by atoms with E-state index in [1.165, 1.54) is 12.0 Å². The predicted molar refractivity (Wildman–Crippen MR) is 125 cm³/mol. The highest BCUT2D eigenvalue weighted by Crippen LogP contribution is 2.41. The van der Waals surface area contributed by atoms with Gasteiger partial charge in [0.2, 0.25) is 0 Å². The van der Waals surface area contributed by atoms with E-state index >= 15 is 0 Å². The molecule has 1 fully saturated rings. The quantitative estimate of drug-likeness (QED) is 0.656. The SMILES string of the molecule is COc1ccc(OC)c(N2C(=O)C(c3ccc(C)cc3C)=C(N3CCC(C)CC3)C2=O)c1. The number of hydrogen-bond donors (Lipinski definition) is 0. The molecule has 168 valence electrons. The molecule has 6 heteroatoms. The standard InChI is InChI=1S/C26H30N2O4/c1-16-10-12-27(13-11-16)24-23(20-8-6-17(2)14-18(20)3)25(29)28(26(24)30)21-15-19(31-4)7-9-22(21)32-5/h6-9,14-16H,10-13H2,1-5H3. The van der Waals surface area contributed by atoms with Crippen molar-refractivity contribution in [2.75, 3.05) is 32.2 Å². The molecule has 0 aliphatic carbocycles. The molecule has 2 aromatic rings. The third kappa shape index (κ3) is 3.74. The molecule has 0 unspecified atom stereocenters. The summed E-state index contributed by atoms with van der Waals surface area (Å²) in [7, 11) is 3.08. The largest absolute Gasteiger partial charge is 0.497 e. The Balaban J connectivity index is 1.87. The molecule has 2 aromatic carbocycles. The Labute approximate surface area is 189 Å². The highest BCUT2D eigenvalue weighted by Gasteiger charge is 2.44. The second-order valence-corrected chi connectivity index (χ2v) is 8.70. The fourth-order valence-electron chi connectivity index (χ4n) is 4.57. The van der Waals surface area contributed by atoms with Crippen molar-refractivity contribution in [1.29, 1.82) is 0 Å². The van der Waals surface area contributed by atoms with Gasteiger partial charge in [-0.2, -0.15) is 0 Å². The number of rotatable bonds is 5. The van der Waals surface area contributed by atoms with E-state index in [4.69, 9.17) is 9.47 Å². The van der Waals surface area contributed by atoms with Crippen molar-refractivity contribution < 1.29 is 19.1 Å². The summed E-state index contributed by atoms with van der Waals surface area (Å²) in [6, 6.07) is 11.1. The van der Waals surface area contributed by atoms with Crippen LogP contribution in [-0.4, -0.2) is 44.0 Å². The van der Waals surface area contributed by atoms with Crippen molar-refractivity contribution in [1.82, 2.24) is 4.90 Å². The number of imide groups is 1. The van der Waals surface area contributed by atoms with E-state index in [1.807, 2.05) is 32.0 Å². The second-order valence-electron chi connectivity index (χ2n) is 8.70. The zero-order chi connectivity index (χ0) is 23.0. The lowest BCUT2D eigenvalue weighted by molar-refractivity contribution is -0.120. The van der Waals surface area contributed by atoms with Gasteiger partial charge in [0.25, 0.3) is 11.8 Å². The first kappa shape index (κ1) is 21.9. The van der Waals surface area contributed by atoms with Crippen LogP contribution >= 0.6 is 0 Å². The number of carbonyl (C=O) groups excluding carboxylic acids is 2. The summed E-state index contributed by atoms with van der Waals surface area (Å²) in [5, 5.41) is 0. The Hall–Kier alpha value is -3.28. The van der Waals surface area contributed by atoms with Gasteiger partial charge in [0, 0.05) is 19.2 Å². The number of methoxy groups -OCH3 is 2. The minimum atomic E-state index is -0.331. The molecule has 0 radical (unpaired) electrons. The molecule has 32 heavy (non-hydrogen) atoms. The Morgan fingerprint density at radius 3 is 2.25 bits per heavy atom. The third-order valence-corrected chi connectivity index (χ3v) is 6.44. The Morgan fingerprint density at radius 2 is 1.62 bits per heavy atom. The van der Waals surface area contributed by atoms with Crippen LogP contribution in [0.15, 0.2) is 42.1 Å². The van der Waals surface area contributed by atoms with Gasteiger partial charge in [0.1, 0.15) is 17.2 Å². The number of anilines is 1. The van der Waals surface area contributed by atoms with Crippen LogP contribution in [0.4, 0.5) is 5.69 Å². The summed E-state index contributed by atoms with van der Waals surface area (Å²) in [5.41, 5.74) is 4.23. The maximum atomic E-state index is 13.9. The maximum absolute atomic E-state index is 13.9. The second kappa shape index (κ2) is 8.69. The van der Waals surface area contributed by atoms with Gasteiger partial charge in [-0.1, -0.05) is 30.7 Å². The lowest BCUT2D eigenvalue weighted by Gasteiger charge is -2.33. The summed E-state index contributed by atoms with van der Waals surface area (Å²) in [5.74, 6) is 0.960. The first-order valence-corrected chi connectivity index (χ1v) is 11.0. The number of piperidine rings is 1. The first-order chi connectivity index (χ1) is 15.3. The lowest BCUT2D eigenvalue weighted by Crippen LogP contribution is -2.38. The number of hydrogen-bond acceptors (Lipinski definition) is 5. The number of likely N-dealkylation sites (tertiary alicyclic amines) is 1. The minimum absolute atomic E-state index is 0.314. The molecule has 0 spiro atoms. The van der Waals surface area contributed by atoms with Crippen LogP contribution < -0.4 is 14.4 Å². The van der Waals surface area contributed by atoms with Crippen LogP contribution in [0.2, 0.25) is 0 Å². The number of ether oxygens (including phenoxy) is 2. The number of carbonyl (C=O) groups is 2. The molecule has 2 heterocycles. The highest BCUT2D eigenvalue weighted by atomic mass is 16.5. The van der Waals surface area contributed by atoms with Gasteiger partial charge in [0.05, 0.1) is 25.5 Å². The number of amides is 2. The van der Waals surface area contributed by atoms with Crippen LogP contribution in [-0.2, 0) is 9.59 Å². The molecule has 2 aliphatic rings. The molecule has 0 atom stereocenters. The normalized spacial score (nSPS) is 17.4. The Kier molecular flexibility index (Phi) is 5.96. The predicted octanol–water partition coefficient (Wildman–Crippen LogP) is 4.34. The van der Waals surface area contributed by atoms with Crippen molar-refractivity contribution in [2.45, 2.75) is 33.6 Å². The van der Waals surface area contributed by atoms with Crippen molar-refractivity contribution in [2.24, 2.45) is 5.92 Å². The topological polar surface area (TPSA) is 59.1 Å². The average Bonchev–Trinajstić information content (AvgIpc) is 3.03. The van der Waals surface area contributed by atoms with Crippen molar-refractivity contribution in [3.63, 3.8) is 0 Å². The van der Waals surface area contributed by atoms with Crippen LogP contribution in [0.3, 0.4) is 0 Å². The summed E-state index contributed by atoms with van der Waals surface area (Å²) in [6.07, 6.45) is 1.99. The van der Waals surface area contributed by atoms with E-state index in [0.29, 0.717) is 34.4 Å². The lowest BCUT2D eigenvalue weighted by atomic mass is 9.95. The molecular formula is C26H30N2O4. The molecule has 2 aliphatic heterocycles. The molecule has 0 N–H and O–H groups in total. The molecule has 4 rings (SSSR count). The van der Waals surface area contributed by atoms with Gasteiger partial charge in [-0.3, -0.25) is 9.59 Å². The summed E-state index contributed by atoms with van der Waals surface area (Å²) < 4.78 is 10.8. The smallest absolute Gasteiger partial charge is 0.282 e. The third-order valence-electron chi connectivity index (χ3n) is 6.44. The summed E-state index contributed by atoms with van der Waals surface area (Å²) in [6.45, 7) is 7.75. The molecule has 1 saturated heterocycles. The first-order valence-electron chi connectivity index (χ1n) is 11.0. The van der Waals surface area contributed by atoms with Gasteiger partial charge >= 0.3 is 0 Å². The van der Waals surface area contributed by atoms with Crippen LogP contribution in [0.25, 0.3) is 5.57 Å². The van der Waals surface area contributed by atoms with E-state index in [0.717, 1.165) is 42.6 Å². The van der Waals surface area contributed by atoms with Gasteiger partial charge in [-0.05, 0) is 55.9 Å². The maximum Gasteiger partial charge on any atom is 0.282 e. The van der Waals surface area contributed by atoms with E-state index in [9.17, 15) is 9.59 Å². The molecular weight excluding hydrogens is 404 g/mol. The van der Waals surface area contributed by atoms with E-state index < -0.39 is 0 Å². The Morgan fingerprint density at radius 1 is 0.906 bits per heavy atom. The number of nitrogens with zero attached hydrogens (tertiary/aromatic N) is 2. The van der Waals surface area contributed by atoms with Crippen LogP contribution in [0.5, 0.6) is 11.5 Å². The molecule has 0 saturated carbocycles. The number of aryl methyl sites for hydroxylation is 2. The number of benzene rings is 2. The van der Waals surface area contributed by atoms with E-state index in [2.05, 4.69) is 11.8 Å². The van der Waals surface area contributed by atoms with E-state index in [1.54, 1.807) is 25.3 Å². The summed E-state index contributed by atoms with van der Waals surface area (Å²) >= 11 is 0. The average molecular weight is 435 g/mol. The monoisotopic (exact) mass is 434 g/mol. The van der Waals surface area contributed by atoms with Gasteiger partial charge < -0.3 is 14.4 Å². The van der Waals surface area contributed by atoms with Gasteiger partial charge in [0.15, 0.2) is 0 Å². The van der Waals surface area contributed by atoms with Crippen LogP contribution in [0, 0.1) is 19.8 Å². The van der Waals surface area contributed by atoms with E-state index in [-0.39, 0.29) is 11.8 Å². The zero-order valence-electron chi connectivity index (χ0n) is 19.4. The van der Waals surface area contributed by atoms with Crippen molar-refractivity contribution in [3.05, 3.63) is 58.8 Å². The fraction of sp³-hybridized carbons (Fsp3) is 0.385. The fourth-order valence-corrected chi connectivity index (χ4v) is 4.57. The highest BCUT2D eigenvalue weighted by molar-refractivity contribution is 6.45. The summed E-state index contributed by atoms with van der Waals surface area (Å²) in [4.78, 5) is 31.0. The van der Waals surface area contributed by atoms with Crippen LogP contribution in [0.1, 0.15) is 36.5 Å². The molecule has 0 bridgehead atoms. The van der Waals surface area contributed by atoms with Gasteiger partial charge in [-0.25, -0.2) is 4.90 Å². The van der Waals surface area contributed by atoms with Crippen molar-refractivity contribution in [3.8, 4) is 11.5 Å². The molecule has 2 amide bonds. The molecule has 0 aromatic heterocycles. The molecule has 6 nitrogen and oxygen atoms in total. The van der Waals surface area contributed by atoms with Crippen molar-refractivity contribution >= 4 is 23.1 Å². The van der Waals surface area contributed by atoms with Gasteiger partial charge in [-0.15, -0.1) is 0 Å². The Bertz CT molecular complexity index is 1100.